The molecular weight excluding hydrogens is 518 g/mol. The molecule has 1 aromatic carbocycles. The van der Waals surface area contributed by atoms with Crippen molar-refractivity contribution >= 4 is 28.9 Å². The summed E-state index contributed by atoms with van der Waals surface area (Å²) < 4.78 is 17.9. The largest absolute Gasteiger partial charge is 0.490 e. The SMILES string of the molecule is CCCCCO[C@H]1CN(c2ccc(OC3CCN(c4cc(OC)ncc4Cl)CC3C)cc2)[C@@H](CC(=O)O)[C@@H]1C. The Bertz CT molecular complexity index is 1080. The number of hydrogen-bond acceptors (Lipinski definition) is 7. The molecule has 2 fully saturated rings. The number of unbranched alkanes of at least 4 members (excludes halogenated alkanes) is 2. The highest BCUT2D eigenvalue weighted by molar-refractivity contribution is 6.33. The van der Waals surface area contributed by atoms with Gasteiger partial charge in [-0.15, -0.1) is 0 Å². The van der Waals surface area contributed by atoms with Crippen molar-refractivity contribution in [2.24, 2.45) is 11.8 Å². The second kappa shape index (κ2) is 13.6. The number of ether oxygens (including phenoxy) is 3. The number of nitrogens with zero attached hydrogens (tertiary/aromatic N) is 3. The fourth-order valence-electron chi connectivity index (χ4n) is 5.76. The lowest BCUT2D eigenvalue weighted by atomic mass is 9.96. The van der Waals surface area contributed by atoms with Crippen LogP contribution in [0.15, 0.2) is 36.5 Å². The predicted molar refractivity (Wildman–Crippen MR) is 154 cm³/mol. The van der Waals surface area contributed by atoms with Gasteiger partial charge in [-0.25, -0.2) is 4.98 Å². The minimum absolute atomic E-state index is 0.0297. The normalized spacial score (nSPS) is 25.1. The number of carbonyl (C=O) groups is 1. The molecule has 0 spiro atoms. The maximum absolute atomic E-state index is 11.6. The summed E-state index contributed by atoms with van der Waals surface area (Å²) in [5.74, 6) is 1.02. The average molecular weight is 560 g/mol. The van der Waals surface area contributed by atoms with Crippen LogP contribution in [0.25, 0.3) is 0 Å². The first kappa shape index (κ1) is 29.3. The first-order chi connectivity index (χ1) is 18.8. The first-order valence-corrected chi connectivity index (χ1v) is 14.5. The first-order valence-electron chi connectivity index (χ1n) is 14.1. The number of rotatable bonds is 12. The lowest BCUT2D eigenvalue weighted by molar-refractivity contribution is -0.137. The summed E-state index contributed by atoms with van der Waals surface area (Å²) in [6.45, 7) is 9.54. The highest BCUT2D eigenvalue weighted by atomic mass is 35.5. The van der Waals surface area contributed by atoms with Crippen molar-refractivity contribution in [3.05, 3.63) is 41.6 Å². The molecule has 2 aliphatic rings. The van der Waals surface area contributed by atoms with Gasteiger partial charge in [-0.2, -0.15) is 0 Å². The van der Waals surface area contributed by atoms with Gasteiger partial charge in [0.2, 0.25) is 5.88 Å². The van der Waals surface area contributed by atoms with Gasteiger partial charge in [-0.05, 0) is 30.7 Å². The molecule has 2 aliphatic heterocycles. The minimum atomic E-state index is -0.782. The second-order valence-corrected chi connectivity index (χ2v) is 11.2. The summed E-state index contributed by atoms with van der Waals surface area (Å²) in [5.41, 5.74) is 1.94. The molecule has 214 valence electrons. The number of aromatic nitrogens is 1. The Morgan fingerprint density at radius 1 is 1.15 bits per heavy atom. The maximum Gasteiger partial charge on any atom is 0.305 e. The molecule has 0 amide bonds. The molecule has 5 atom stereocenters. The molecule has 8 nitrogen and oxygen atoms in total. The van der Waals surface area contributed by atoms with Crippen molar-refractivity contribution in [3.8, 4) is 11.6 Å². The van der Waals surface area contributed by atoms with E-state index in [1.165, 1.54) is 0 Å². The van der Waals surface area contributed by atoms with Gasteiger partial charge in [0, 0.05) is 62.3 Å². The fraction of sp³-hybridized carbons (Fsp3) is 0.600. The van der Waals surface area contributed by atoms with Gasteiger partial charge >= 0.3 is 5.97 Å². The van der Waals surface area contributed by atoms with Crippen LogP contribution in [-0.2, 0) is 9.53 Å². The zero-order valence-corrected chi connectivity index (χ0v) is 24.3. The van der Waals surface area contributed by atoms with Crippen molar-refractivity contribution in [2.45, 2.75) is 71.1 Å². The summed E-state index contributed by atoms with van der Waals surface area (Å²) >= 11 is 6.43. The van der Waals surface area contributed by atoms with E-state index in [9.17, 15) is 9.90 Å². The summed E-state index contributed by atoms with van der Waals surface area (Å²) in [4.78, 5) is 20.3. The number of pyridine rings is 1. The number of hydrogen-bond donors (Lipinski definition) is 1. The monoisotopic (exact) mass is 559 g/mol. The molecule has 9 heteroatoms. The zero-order chi connectivity index (χ0) is 27.9. The van der Waals surface area contributed by atoms with Crippen LogP contribution in [0.2, 0.25) is 5.02 Å². The van der Waals surface area contributed by atoms with E-state index >= 15 is 0 Å². The number of benzene rings is 1. The van der Waals surface area contributed by atoms with Crippen molar-refractivity contribution in [2.75, 3.05) is 43.2 Å². The van der Waals surface area contributed by atoms with E-state index < -0.39 is 5.97 Å². The molecule has 0 bridgehead atoms. The molecule has 1 N–H and O–H groups in total. The van der Waals surface area contributed by atoms with E-state index in [2.05, 4.69) is 35.6 Å². The van der Waals surface area contributed by atoms with Crippen LogP contribution in [0, 0.1) is 11.8 Å². The standard InChI is InChI=1S/C30H42ClN3O5/c1-5-6-7-14-38-28-19-34(25(21(28)3)16-30(35)36)22-8-10-23(11-9-22)39-27-12-13-33(18-20(27)2)26-15-29(37-4)32-17-24(26)31/h8-11,15,17,20-21,25,27-28H,5-7,12-14,16,18-19H2,1-4H3,(H,35,36)/t20?,21-,25-,27?,28-/m0/s1. The quantitative estimate of drug-likeness (QED) is 0.321. The molecule has 2 aromatic rings. The van der Waals surface area contributed by atoms with Crippen LogP contribution >= 0.6 is 11.6 Å². The van der Waals surface area contributed by atoms with Crippen LogP contribution in [0.5, 0.6) is 11.6 Å². The van der Waals surface area contributed by atoms with Crippen LogP contribution < -0.4 is 19.3 Å². The molecule has 3 heterocycles. The minimum Gasteiger partial charge on any atom is -0.490 e. The molecule has 39 heavy (non-hydrogen) atoms. The third-order valence-corrected chi connectivity index (χ3v) is 8.37. The lowest BCUT2D eigenvalue weighted by Gasteiger charge is -2.38. The van der Waals surface area contributed by atoms with Gasteiger partial charge in [0.15, 0.2) is 0 Å². The molecule has 1 aromatic heterocycles. The van der Waals surface area contributed by atoms with Crippen molar-refractivity contribution in [1.29, 1.82) is 0 Å². The predicted octanol–water partition coefficient (Wildman–Crippen LogP) is 5.91. The molecule has 2 saturated heterocycles. The van der Waals surface area contributed by atoms with Gasteiger partial charge in [0.1, 0.15) is 11.9 Å². The smallest absolute Gasteiger partial charge is 0.305 e. The summed E-state index contributed by atoms with van der Waals surface area (Å²) in [7, 11) is 1.60. The summed E-state index contributed by atoms with van der Waals surface area (Å²) in [6, 6.07) is 9.85. The Morgan fingerprint density at radius 3 is 2.59 bits per heavy atom. The molecule has 4 rings (SSSR count). The van der Waals surface area contributed by atoms with Crippen molar-refractivity contribution in [1.82, 2.24) is 4.98 Å². The van der Waals surface area contributed by atoms with Crippen molar-refractivity contribution in [3.63, 3.8) is 0 Å². The van der Waals surface area contributed by atoms with E-state index in [0.717, 1.165) is 62.5 Å². The van der Waals surface area contributed by atoms with Gasteiger partial charge < -0.3 is 29.1 Å². The molecule has 0 aliphatic carbocycles. The van der Waals surface area contributed by atoms with Gasteiger partial charge in [-0.1, -0.05) is 45.2 Å². The van der Waals surface area contributed by atoms with Gasteiger partial charge in [0.05, 0.1) is 36.5 Å². The van der Waals surface area contributed by atoms with E-state index in [1.54, 1.807) is 13.3 Å². The Balaban J connectivity index is 1.37. The zero-order valence-electron chi connectivity index (χ0n) is 23.5. The lowest BCUT2D eigenvalue weighted by Crippen LogP contribution is -2.44. The summed E-state index contributed by atoms with van der Waals surface area (Å²) in [5, 5.41) is 10.2. The number of halogens is 1. The van der Waals surface area contributed by atoms with Gasteiger partial charge in [0.25, 0.3) is 0 Å². The van der Waals surface area contributed by atoms with E-state index in [-0.39, 0.29) is 30.6 Å². The van der Waals surface area contributed by atoms with Gasteiger partial charge in [-0.3, -0.25) is 4.79 Å². The average Bonchev–Trinajstić information content (AvgIpc) is 3.22. The number of anilines is 2. The molecule has 0 saturated carbocycles. The van der Waals surface area contributed by atoms with Crippen molar-refractivity contribution < 1.29 is 24.1 Å². The maximum atomic E-state index is 11.6. The van der Waals surface area contributed by atoms with Crippen LogP contribution in [-0.4, -0.2) is 67.7 Å². The van der Waals surface area contributed by atoms with E-state index in [4.69, 9.17) is 25.8 Å². The van der Waals surface area contributed by atoms with E-state index in [0.29, 0.717) is 23.4 Å². The number of carboxylic acid groups (broad SMARTS) is 1. The Kier molecular flexibility index (Phi) is 10.2. The topological polar surface area (TPSA) is 84.4 Å². The fourth-order valence-corrected chi connectivity index (χ4v) is 5.99. The number of aliphatic carboxylic acids is 1. The van der Waals surface area contributed by atoms with E-state index in [1.807, 2.05) is 30.3 Å². The number of carboxylic acids is 1. The molecule has 2 unspecified atom stereocenters. The second-order valence-electron chi connectivity index (χ2n) is 10.8. The van der Waals surface area contributed by atoms with Crippen LogP contribution in [0.4, 0.5) is 11.4 Å². The third kappa shape index (κ3) is 7.28. The Labute approximate surface area is 237 Å². The number of methoxy groups -OCH3 is 1. The Morgan fingerprint density at radius 2 is 1.92 bits per heavy atom. The Hall–Kier alpha value is -2.71. The van der Waals surface area contributed by atoms with Crippen LogP contribution in [0.1, 0.15) is 52.9 Å². The highest BCUT2D eigenvalue weighted by Crippen LogP contribution is 2.36. The molecular formula is C30H42ClN3O5. The van der Waals surface area contributed by atoms with Crippen LogP contribution in [0.3, 0.4) is 0 Å². The highest BCUT2D eigenvalue weighted by Gasteiger charge is 2.41. The molecule has 0 radical (unpaired) electrons. The third-order valence-electron chi connectivity index (χ3n) is 8.08. The number of piperidine rings is 1. The summed E-state index contributed by atoms with van der Waals surface area (Å²) in [6.07, 6.45) is 6.05.